The second-order valence-electron chi connectivity index (χ2n) is 7.15. The molecule has 0 amide bonds. The van der Waals surface area contributed by atoms with E-state index in [4.69, 9.17) is 9.72 Å². The van der Waals surface area contributed by atoms with Gasteiger partial charge in [0.15, 0.2) is 11.5 Å². The molecule has 4 rings (SSSR count). The third-order valence-corrected chi connectivity index (χ3v) is 5.99. The maximum atomic E-state index is 14.1. The summed E-state index contributed by atoms with van der Waals surface area (Å²) >= 11 is 2.12. The number of anilines is 2. The molecule has 0 aliphatic carbocycles. The number of fused-ring (bicyclic) bond motifs is 1. The predicted molar refractivity (Wildman–Crippen MR) is 125 cm³/mol. The Morgan fingerprint density at radius 2 is 2.07 bits per heavy atom. The standard InChI is InChI=1S/C20H21F2IN5OP/c1-13-11-27(9-10-29-13)19-25-17-15(6-4-8-24-17)18(26-19)28(23)12-14-5-2-3-7-16(14)20(21,22)30/h2-8,13H,9-12,30H2,1H3. The molecule has 1 fully saturated rings. The van der Waals surface area contributed by atoms with Crippen molar-refractivity contribution in [1.82, 2.24) is 15.0 Å². The lowest BCUT2D eigenvalue weighted by atomic mass is 10.1. The number of nitrogens with zero attached hydrogens (tertiary/aromatic N) is 5. The first-order chi connectivity index (χ1) is 14.3. The van der Waals surface area contributed by atoms with Gasteiger partial charge in [0, 0.05) is 24.8 Å². The van der Waals surface area contributed by atoms with Gasteiger partial charge in [0.2, 0.25) is 5.95 Å². The Morgan fingerprint density at radius 1 is 1.27 bits per heavy atom. The van der Waals surface area contributed by atoms with Gasteiger partial charge >= 0.3 is 0 Å². The summed E-state index contributed by atoms with van der Waals surface area (Å²) in [7, 11) is 1.62. The molecular formula is C20H21F2IN5OP. The maximum Gasteiger partial charge on any atom is 0.284 e. The van der Waals surface area contributed by atoms with Crippen LogP contribution in [0, 0.1) is 0 Å². The van der Waals surface area contributed by atoms with Crippen molar-refractivity contribution < 1.29 is 13.5 Å². The van der Waals surface area contributed by atoms with Crippen molar-refractivity contribution in [2.45, 2.75) is 25.2 Å². The minimum atomic E-state index is -3.00. The zero-order chi connectivity index (χ0) is 21.3. The summed E-state index contributed by atoms with van der Waals surface area (Å²) in [5, 5.41) is 0.770. The van der Waals surface area contributed by atoms with Crippen LogP contribution in [0.2, 0.25) is 0 Å². The van der Waals surface area contributed by atoms with E-state index in [1.807, 2.05) is 22.2 Å². The Morgan fingerprint density at radius 3 is 2.83 bits per heavy atom. The van der Waals surface area contributed by atoms with E-state index < -0.39 is 5.66 Å². The van der Waals surface area contributed by atoms with Gasteiger partial charge in [-0.3, -0.25) is 3.11 Å². The average molecular weight is 543 g/mol. The van der Waals surface area contributed by atoms with Crippen LogP contribution in [0.25, 0.3) is 11.0 Å². The Labute approximate surface area is 189 Å². The quantitative estimate of drug-likeness (QED) is 0.268. The summed E-state index contributed by atoms with van der Waals surface area (Å²) < 4.78 is 35.6. The van der Waals surface area contributed by atoms with Crippen LogP contribution in [-0.4, -0.2) is 40.8 Å². The summed E-state index contributed by atoms with van der Waals surface area (Å²) in [6.07, 6.45) is 1.77. The van der Waals surface area contributed by atoms with E-state index in [0.29, 0.717) is 42.7 Å². The lowest BCUT2D eigenvalue weighted by Crippen LogP contribution is -2.42. The molecule has 2 atom stereocenters. The summed E-state index contributed by atoms with van der Waals surface area (Å²) in [4.78, 5) is 15.9. The van der Waals surface area contributed by atoms with Crippen LogP contribution in [0.4, 0.5) is 20.5 Å². The van der Waals surface area contributed by atoms with Crippen LogP contribution in [0.5, 0.6) is 0 Å². The number of pyridine rings is 1. The SMILES string of the molecule is CC1CN(c2nc(N(I)Cc3ccccc3C(F)(F)P)c3cccnc3n2)CCO1. The third kappa shape index (κ3) is 4.63. The van der Waals surface area contributed by atoms with Crippen molar-refractivity contribution in [1.29, 1.82) is 0 Å². The first kappa shape index (κ1) is 21.5. The van der Waals surface area contributed by atoms with E-state index in [0.717, 1.165) is 5.39 Å². The van der Waals surface area contributed by atoms with Crippen molar-refractivity contribution in [3.63, 3.8) is 0 Å². The molecule has 2 unspecified atom stereocenters. The maximum absolute atomic E-state index is 14.1. The summed E-state index contributed by atoms with van der Waals surface area (Å²) in [5.41, 5.74) is -1.92. The molecule has 3 heterocycles. The van der Waals surface area contributed by atoms with Gasteiger partial charge in [0.25, 0.3) is 5.66 Å². The van der Waals surface area contributed by atoms with Crippen LogP contribution in [0.15, 0.2) is 42.6 Å². The van der Waals surface area contributed by atoms with Crippen LogP contribution < -0.4 is 8.01 Å². The Bertz CT molecular complexity index is 1050. The number of benzene rings is 1. The number of aromatic nitrogens is 3. The number of hydrogen-bond acceptors (Lipinski definition) is 6. The van der Waals surface area contributed by atoms with Crippen LogP contribution in [0.3, 0.4) is 0 Å². The van der Waals surface area contributed by atoms with Gasteiger partial charge < -0.3 is 9.64 Å². The molecule has 10 heteroatoms. The highest BCUT2D eigenvalue weighted by Gasteiger charge is 2.28. The molecular weight excluding hydrogens is 522 g/mol. The molecule has 6 nitrogen and oxygen atoms in total. The molecule has 1 aliphatic rings. The fourth-order valence-corrected chi connectivity index (χ4v) is 4.49. The molecule has 0 radical (unpaired) electrons. The number of morpholine rings is 1. The molecule has 0 bridgehead atoms. The van der Waals surface area contributed by atoms with E-state index in [1.54, 1.807) is 33.6 Å². The van der Waals surface area contributed by atoms with Crippen molar-refractivity contribution in [2.24, 2.45) is 0 Å². The Balaban J connectivity index is 1.73. The number of halogens is 3. The average Bonchev–Trinajstić information content (AvgIpc) is 2.72. The lowest BCUT2D eigenvalue weighted by molar-refractivity contribution is 0.0526. The molecule has 1 aliphatic heterocycles. The van der Waals surface area contributed by atoms with Gasteiger partial charge in [-0.25, -0.2) is 4.98 Å². The van der Waals surface area contributed by atoms with E-state index in [9.17, 15) is 8.78 Å². The zero-order valence-electron chi connectivity index (χ0n) is 16.3. The minimum absolute atomic E-state index is 0.0182. The normalized spacial score (nSPS) is 17.4. The van der Waals surface area contributed by atoms with Crippen LogP contribution in [0.1, 0.15) is 18.1 Å². The van der Waals surface area contributed by atoms with Gasteiger partial charge in [0.1, 0.15) is 0 Å². The Kier molecular flexibility index (Phi) is 6.31. The van der Waals surface area contributed by atoms with E-state index in [-0.39, 0.29) is 18.2 Å². The largest absolute Gasteiger partial charge is 0.375 e. The lowest BCUT2D eigenvalue weighted by Gasteiger charge is -2.31. The van der Waals surface area contributed by atoms with Gasteiger partial charge in [-0.1, -0.05) is 33.5 Å². The molecule has 158 valence electrons. The molecule has 1 saturated heterocycles. The third-order valence-electron chi connectivity index (χ3n) is 4.88. The van der Waals surface area contributed by atoms with Gasteiger partial charge in [0.05, 0.1) is 47.5 Å². The number of alkyl halides is 2. The van der Waals surface area contributed by atoms with Gasteiger partial charge in [-0.05, 0) is 24.6 Å². The van der Waals surface area contributed by atoms with Crippen LogP contribution in [-0.2, 0) is 16.9 Å². The number of rotatable bonds is 5. The van der Waals surface area contributed by atoms with Crippen molar-refractivity contribution in [3.05, 3.63) is 53.7 Å². The number of ether oxygens (including phenoxy) is 1. The second-order valence-corrected chi connectivity index (χ2v) is 9.04. The molecule has 30 heavy (non-hydrogen) atoms. The van der Waals surface area contributed by atoms with Gasteiger partial charge in [-0.2, -0.15) is 18.7 Å². The molecule has 0 N–H and O–H groups in total. The first-order valence-corrected chi connectivity index (χ1v) is 11.0. The van der Waals surface area contributed by atoms with E-state index in [1.165, 1.54) is 6.07 Å². The highest BCUT2D eigenvalue weighted by molar-refractivity contribution is 14.1. The monoisotopic (exact) mass is 543 g/mol. The van der Waals surface area contributed by atoms with E-state index in [2.05, 4.69) is 37.7 Å². The smallest absolute Gasteiger partial charge is 0.284 e. The first-order valence-electron chi connectivity index (χ1n) is 9.50. The Hall–Kier alpha value is -1.71. The summed E-state index contributed by atoms with van der Waals surface area (Å²) in [6, 6.07) is 10.3. The molecule has 0 spiro atoms. The molecule has 1 aromatic carbocycles. The molecule has 0 saturated carbocycles. The van der Waals surface area contributed by atoms with E-state index >= 15 is 0 Å². The summed E-state index contributed by atoms with van der Waals surface area (Å²) in [5.74, 6) is 1.21. The highest BCUT2D eigenvalue weighted by Crippen LogP contribution is 2.38. The van der Waals surface area contributed by atoms with Crippen molar-refractivity contribution in [2.75, 3.05) is 27.7 Å². The zero-order valence-corrected chi connectivity index (χ0v) is 19.6. The van der Waals surface area contributed by atoms with Gasteiger partial charge in [-0.15, -0.1) is 0 Å². The number of hydrogen-bond donors (Lipinski definition) is 0. The fraction of sp³-hybridized carbons (Fsp3) is 0.350. The second kappa shape index (κ2) is 8.80. The predicted octanol–water partition coefficient (Wildman–Crippen LogP) is 4.53. The minimum Gasteiger partial charge on any atom is -0.375 e. The summed E-state index contributed by atoms with van der Waals surface area (Å²) in [6.45, 7) is 4.24. The highest BCUT2D eigenvalue weighted by atomic mass is 127. The van der Waals surface area contributed by atoms with Crippen molar-refractivity contribution >= 4 is 54.9 Å². The fourth-order valence-electron chi connectivity index (χ4n) is 3.47. The molecule has 3 aromatic rings. The topological polar surface area (TPSA) is 54.4 Å². The van der Waals surface area contributed by atoms with Crippen molar-refractivity contribution in [3.8, 4) is 0 Å². The molecule has 2 aromatic heterocycles. The van der Waals surface area contributed by atoms with Crippen LogP contribution >= 0.6 is 32.1 Å².